The number of ether oxygens (including phenoxy) is 2. The van der Waals surface area contributed by atoms with Crippen LogP contribution in [0.1, 0.15) is 46.1 Å². The number of rotatable bonds is 8. The van der Waals surface area contributed by atoms with Crippen LogP contribution in [0.3, 0.4) is 0 Å². The zero-order chi connectivity index (χ0) is 18.2. The molecule has 0 saturated carbocycles. The molecule has 5 heteroatoms. The van der Waals surface area contributed by atoms with Gasteiger partial charge in [-0.2, -0.15) is 0 Å². The molecule has 0 spiro atoms. The van der Waals surface area contributed by atoms with Gasteiger partial charge in [-0.3, -0.25) is 9.59 Å². The Kier molecular flexibility index (Phi) is 7.62. The van der Waals surface area contributed by atoms with Crippen LogP contribution in [-0.4, -0.2) is 23.8 Å². The Labute approximate surface area is 143 Å². The molecule has 0 aromatic heterocycles. The molecule has 5 nitrogen and oxygen atoms in total. The van der Waals surface area contributed by atoms with Crippen molar-refractivity contribution in [3.8, 4) is 0 Å². The lowest BCUT2D eigenvalue weighted by atomic mass is 9.89. The summed E-state index contributed by atoms with van der Waals surface area (Å²) in [4.78, 5) is 35.3. The molecule has 24 heavy (non-hydrogen) atoms. The van der Waals surface area contributed by atoms with Gasteiger partial charge in [-0.15, -0.1) is 0 Å². The molecule has 0 aliphatic heterocycles. The van der Waals surface area contributed by atoms with Gasteiger partial charge in [0.05, 0.1) is 11.8 Å². The summed E-state index contributed by atoms with van der Waals surface area (Å²) < 4.78 is 10.7. The third kappa shape index (κ3) is 6.94. The molecule has 0 aliphatic rings. The number of aldehydes is 1. The molecule has 0 bridgehead atoms. The summed E-state index contributed by atoms with van der Waals surface area (Å²) in [7, 11) is 0. The number of hydrogen-bond acceptors (Lipinski definition) is 5. The molecule has 0 saturated heterocycles. The van der Waals surface area contributed by atoms with E-state index in [0.29, 0.717) is 0 Å². The van der Waals surface area contributed by atoms with E-state index in [4.69, 9.17) is 9.47 Å². The Morgan fingerprint density at radius 2 is 1.75 bits per heavy atom. The van der Waals surface area contributed by atoms with Gasteiger partial charge in [0, 0.05) is 6.42 Å². The smallest absolute Gasteiger partial charge is 0.310 e. The number of esters is 2. The molecular weight excluding hydrogens is 308 g/mol. The van der Waals surface area contributed by atoms with Crippen LogP contribution in [0.25, 0.3) is 0 Å². The zero-order valence-corrected chi connectivity index (χ0v) is 14.8. The molecule has 0 amide bonds. The van der Waals surface area contributed by atoms with E-state index in [0.717, 1.165) is 11.8 Å². The van der Waals surface area contributed by atoms with Gasteiger partial charge < -0.3 is 14.3 Å². The molecule has 0 heterocycles. The van der Waals surface area contributed by atoms with Crippen LogP contribution in [0.4, 0.5) is 0 Å². The maximum absolute atomic E-state index is 12.3. The molecule has 1 rings (SSSR count). The van der Waals surface area contributed by atoms with Gasteiger partial charge in [0.15, 0.2) is 0 Å². The number of hydrogen-bond donors (Lipinski definition) is 0. The molecule has 1 aromatic carbocycles. The highest BCUT2D eigenvalue weighted by Crippen LogP contribution is 2.23. The van der Waals surface area contributed by atoms with Crippen molar-refractivity contribution >= 4 is 18.2 Å². The summed E-state index contributed by atoms with van der Waals surface area (Å²) in [6, 6.07) is 9.32. The van der Waals surface area contributed by atoms with Gasteiger partial charge in [-0.1, -0.05) is 37.3 Å². The Bertz CT molecular complexity index is 545. The fraction of sp³-hybridized carbons (Fsp3) is 0.526. The average Bonchev–Trinajstić information content (AvgIpc) is 2.52. The predicted molar refractivity (Wildman–Crippen MR) is 90.0 cm³/mol. The third-order valence-corrected chi connectivity index (χ3v) is 3.50. The molecule has 0 fully saturated rings. The number of benzene rings is 1. The van der Waals surface area contributed by atoms with Crippen LogP contribution in [-0.2, 0) is 30.5 Å². The summed E-state index contributed by atoms with van der Waals surface area (Å²) in [5.74, 6) is -2.32. The second-order valence-electron chi connectivity index (χ2n) is 6.77. The minimum Gasteiger partial charge on any atom is -0.461 e. The van der Waals surface area contributed by atoms with Gasteiger partial charge in [0.2, 0.25) is 0 Å². The topological polar surface area (TPSA) is 69.7 Å². The molecule has 2 atom stereocenters. The second-order valence-corrected chi connectivity index (χ2v) is 6.77. The standard InChI is InChI=1S/C19H26O5/c1-14(17(21)23-13-15-9-6-5-7-10-15)16(11-8-12-20)18(22)24-19(2,3)4/h5-7,9-10,12,14,16H,8,11,13H2,1-4H3/t14-,16-/m0/s1. The van der Waals surface area contributed by atoms with Crippen molar-refractivity contribution in [2.24, 2.45) is 11.8 Å². The first-order valence-electron chi connectivity index (χ1n) is 8.11. The predicted octanol–water partition coefficient (Wildman–Crippen LogP) is 3.30. The lowest BCUT2D eigenvalue weighted by Crippen LogP contribution is -2.35. The van der Waals surface area contributed by atoms with E-state index in [9.17, 15) is 14.4 Å². The van der Waals surface area contributed by atoms with Crippen molar-refractivity contribution < 1.29 is 23.9 Å². The highest BCUT2D eigenvalue weighted by Gasteiger charge is 2.34. The quantitative estimate of drug-likeness (QED) is 0.539. The maximum Gasteiger partial charge on any atom is 0.310 e. The highest BCUT2D eigenvalue weighted by molar-refractivity contribution is 5.82. The number of carbonyl (C=O) groups is 3. The summed E-state index contributed by atoms with van der Waals surface area (Å²) in [6.07, 6.45) is 1.19. The van der Waals surface area contributed by atoms with Crippen molar-refractivity contribution in [1.29, 1.82) is 0 Å². The maximum atomic E-state index is 12.3. The summed E-state index contributed by atoms with van der Waals surface area (Å²) in [5, 5.41) is 0. The Hall–Kier alpha value is -2.17. The summed E-state index contributed by atoms with van der Waals surface area (Å²) >= 11 is 0. The largest absolute Gasteiger partial charge is 0.461 e. The second kappa shape index (κ2) is 9.21. The average molecular weight is 334 g/mol. The first-order valence-corrected chi connectivity index (χ1v) is 8.11. The van der Waals surface area contributed by atoms with Crippen molar-refractivity contribution in [3.05, 3.63) is 35.9 Å². The van der Waals surface area contributed by atoms with E-state index in [-0.39, 0.29) is 19.4 Å². The van der Waals surface area contributed by atoms with Gasteiger partial charge >= 0.3 is 11.9 Å². The van der Waals surface area contributed by atoms with Crippen molar-refractivity contribution in [2.45, 2.75) is 52.7 Å². The lowest BCUT2D eigenvalue weighted by molar-refractivity contribution is -0.168. The van der Waals surface area contributed by atoms with Gasteiger partial charge in [-0.05, 0) is 32.8 Å². The molecule has 0 N–H and O–H groups in total. The van der Waals surface area contributed by atoms with Crippen LogP contribution in [0.2, 0.25) is 0 Å². The zero-order valence-electron chi connectivity index (χ0n) is 14.8. The normalized spacial score (nSPS) is 13.7. The third-order valence-electron chi connectivity index (χ3n) is 3.50. The van der Waals surface area contributed by atoms with Crippen molar-refractivity contribution in [3.63, 3.8) is 0 Å². The van der Waals surface area contributed by atoms with Crippen molar-refractivity contribution in [2.75, 3.05) is 0 Å². The molecule has 0 unspecified atom stereocenters. The van der Waals surface area contributed by atoms with Crippen molar-refractivity contribution in [1.82, 2.24) is 0 Å². The van der Waals surface area contributed by atoms with E-state index in [2.05, 4.69) is 0 Å². The number of carbonyl (C=O) groups excluding carboxylic acids is 3. The Morgan fingerprint density at radius 3 is 2.29 bits per heavy atom. The summed E-state index contributed by atoms with van der Waals surface area (Å²) in [5.41, 5.74) is 0.226. The molecular formula is C19H26O5. The van der Waals surface area contributed by atoms with Crippen LogP contribution < -0.4 is 0 Å². The van der Waals surface area contributed by atoms with Crippen LogP contribution in [0, 0.1) is 11.8 Å². The lowest BCUT2D eigenvalue weighted by Gasteiger charge is -2.26. The minimum absolute atomic E-state index is 0.152. The molecule has 0 radical (unpaired) electrons. The fourth-order valence-corrected chi connectivity index (χ4v) is 2.22. The Balaban J connectivity index is 2.71. The minimum atomic E-state index is -0.697. The van der Waals surface area contributed by atoms with Crippen LogP contribution >= 0.6 is 0 Å². The first kappa shape index (κ1) is 19.9. The monoisotopic (exact) mass is 334 g/mol. The highest BCUT2D eigenvalue weighted by atomic mass is 16.6. The van der Waals surface area contributed by atoms with E-state index in [1.165, 1.54) is 0 Å². The summed E-state index contributed by atoms with van der Waals surface area (Å²) in [6.45, 7) is 7.08. The van der Waals surface area contributed by atoms with Crippen LogP contribution in [0.5, 0.6) is 0 Å². The Morgan fingerprint density at radius 1 is 1.12 bits per heavy atom. The van der Waals surface area contributed by atoms with E-state index < -0.39 is 29.4 Å². The van der Waals surface area contributed by atoms with Gasteiger partial charge in [-0.25, -0.2) is 0 Å². The first-order chi connectivity index (χ1) is 11.2. The molecule has 132 valence electrons. The van der Waals surface area contributed by atoms with E-state index in [1.807, 2.05) is 30.3 Å². The van der Waals surface area contributed by atoms with E-state index in [1.54, 1.807) is 27.7 Å². The van der Waals surface area contributed by atoms with Gasteiger partial charge in [0.1, 0.15) is 18.5 Å². The molecule has 0 aliphatic carbocycles. The van der Waals surface area contributed by atoms with E-state index >= 15 is 0 Å². The van der Waals surface area contributed by atoms with Gasteiger partial charge in [0.25, 0.3) is 0 Å². The van der Waals surface area contributed by atoms with Crippen LogP contribution in [0.15, 0.2) is 30.3 Å². The SMILES string of the molecule is C[C@H](C(=O)OCc1ccccc1)[C@H](CCC=O)C(=O)OC(C)(C)C. The fourth-order valence-electron chi connectivity index (χ4n) is 2.22. The molecule has 1 aromatic rings.